The fraction of sp³-hybridized carbons (Fsp3) is 0.273. The Morgan fingerprint density at radius 1 is 0.778 bits per heavy atom. The van der Waals surface area contributed by atoms with Crippen LogP contribution in [0.15, 0.2) is 66.9 Å². The van der Waals surface area contributed by atoms with Gasteiger partial charge in [-0.1, -0.05) is 31.0 Å². The monoisotopic (exact) mass is 360 g/mol. The van der Waals surface area contributed by atoms with Gasteiger partial charge in [0.1, 0.15) is 17.3 Å². The van der Waals surface area contributed by atoms with Gasteiger partial charge in [-0.15, -0.1) is 0 Å². The molecule has 1 N–H and O–H groups in total. The van der Waals surface area contributed by atoms with Gasteiger partial charge in [-0.25, -0.2) is 4.98 Å². The zero-order valence-electron chi connectivity index (χ0n) is 15.3. The van der Waals surface area contributed by atoms with E-state index in [2.05, 4.69) is 15.2 Å². The molecule has 0 bridgehead atoms. The maximum absolute atomic E-state index is 5.83. The molecule has 0 amide bonds. The number of nitrogens with one attached hydrogen (secondary N) is 1. The summed E-state index contributed by atoms with van der Waals surface area (Å²) in [6.07, 6.45) is 6.84. The summed E-state index contributed by atoms with van der Waals surface area (Å²) in [6.45, 7) is 2.07. The number of rotatable bonds is 5. The maximum Gasteiger partial charge on any atom is 0.227 e. The second-order valence-corrected chi connectivity index (χ2v) is 6.71. The molecule has 138 valence electrons. The van der Waals surface area contributed by atoms with Crippen molar-refractivity contribution in [1.29, 1.82) is 0 Å². The molecule has 0 atom stereocenters. The van der Waals surface area contributed by atoms with Gasteiger partial charge in [0.15, 0.2) is 0 Å². The number of anilines is 3. The van der Waals surface area contributed by atoms with Crippen LogP contribution in [0.3, 0.4) is 0 Å². The van der Waals surface area contributed by atoms with Crippen LogP contribution in [0.25, 0.3) is 0 Å². The summed E-state index contributed by atoms with van der Waals surface area (Å²) < 4.78 is 5.83. The van der Waals surface area contributed by atoms with Gasteiger partial charge >= 0.3 is 0 Å². The third-order valence-corrected chi connectivity index (χ3v) is 4.64. The molecule has 2 heterocycles. The highest BCUT2D eigenvalue weighted by molar-refractivity contribution is 5.58. The molecule has 5 heteroatoms. The fourth-order valence-corrected chi connectivity index (χ4v) is 3.22. The molecule has 2 aromatic carbocycles. The highest BCUT2D eigenvalue weighted by Gasteiger charge is 2.12. The summed E-state index contributed by atoms with van der Waals surface area (Å²) in [5.41, 5.74) is 0.968. The Balaban J connectivity index is 1.42. The molecule has 3 aromatic rings. The maximum atomic E-state index is 5.83. The van der Waals surface area contributed by atoms with Gasteiger partial charge in [0.2, 0.25) is 5.95 Å². The Morgan fingerprint density at radius 3 is 2.22 bits per heavy atom. The molecule has 0 spiro atoms. The van der Waals surface area contributed by atoms with Crippen molar-refractivity contribution in [2.75, 3.05) is 23.3 Å². The van der Waals surface area contributed by atoms with Crippen molar-refractivity contribution in [2.45, 2.75) is 25.7 Å². The van der Waals surface area contributed by atoms with Crippen LogP contribution in [0.5, 0.6) is 11.5 Å². The topological polar surface area (TPSA) is 50.3 Å². The highest BCUT2D eigenvalue weighted by Crippen LogP contribution is 2.24. The van der Waals surface area contributed by atoms with E-state index in [4.69, 9.17) is 9.72 Å². The second-order valence-electron chi connectivity index (χ2n) is 6.71. The number of hydrogen-bond acceptors (Lipinski definition) is 5. The molecule has 0 aliphatic carbocycles. The lowest BCUT2D eigenvalue weighted by Gasteiger charge is -2.20. The summed E-state index contributed by atoms with van der Waals surface area (Å²) in [5.74, 6) is 3.25. The van der Waals surface area contributed by atoms with Crippen molar-refractivity contribution in [3.05, 3.63) is 66.9 Å². The number of para-hydroxylation sites is 1. The van der Waals surface area contributed by atoms with Crippen molar-refractivity contribution in [2.24, 2.45) is 0 Å². The van der Waals surface area contributed by atoms with Gasteiger partial charge in [0.05, 0.1) is 0 Å². The Kier molecular flexibility index (Phi) is 5.48. The largest absolute Gasteiger partial charge is 0.457 e. The number of benzene rings is 2. The van der Waals surface area contributed by atoms with Crippen LogP contribution in [0, 0.1) is 0 Å². The predicted molar refractivity (Wildman–Crippen MR) is 109 cm³/mol. The normalized spacial score (nSPS) is 14.4. The molecule has 4 rings (SSSR count). The van der Waals surface area contributed by atoms with Gasteiger partial charge < -0.3 is 15.0 Å². The van der Waals surface area contributed by atoms with Gasteiger partial charge in [0.25, 0.3) is 0 Å². The molecule has 27 heavy (non-hydrogen) atoms. The lowest BCUT2D eigenvalue weighted by molar-refractivity contribution is 0.483. The number of aromatic nitrogens is 2. The number of ether oxygens (including phenoxy) is 1. The van der Waals surface area contributed by atoms with Crippen molar-refractivity contribution in [3.8, 4) is 11.5 Å². The minimum atomic E-state index is 0.805. The zero-order chi connectivity index (χ0) is 18.3. The Bertz CT molecular complexity index is 844. The Labute approximate surface area is 160 Å². The Hall–Kier alpha value is -3.08. The SMILES string of the molecule is c1ccc(Oc2ccc(Nc3ccnc(N4CCCCCC4)n3)cc2)cc1. The number of nitrogens with zero attached hydrogens (tertiary/aromatic N) is 3. The molecule has 1 aromatic heterocycles. The highest BCUT2D eigenvalue weighted by atomic mass is 16.5. The first-order chi connectivity index (χ1) is 13.4. The van der Waals surface area contributed by atoms with Crippen molar-refractivity contribution >= 4 is 17.5 Å². The van der Waals surface area contributed by atoms with Crippen LogP contribution < -0.4 is 15.0 Å². The molecular formula is C22H24N4O. The first-order valence-corrected chi connectivity index (χ1v) is 9.55. The molecule has 5 nitrogen and oxygen atoms in total. The molecule has 1 aliphatic rings. The van der Waals surface area contributed by atoms with Crippen LogP contribution >= 0.6 is 0 Å². The third-order valence-electron chi connectivity index (χ3n) is 4.64. The average Bonchev–Trinajstić information content (AvgIpc) is 3.00. The fourth-order valence-electron chi connectivity index (χ4n) is 3.22. The first kappa shape index (κ1) is 17.3. The van der Waals surface area contributed by atoms with Crippen molar-refractivity contribution < 1.29 is 4.74 Å². The molecule has 0 saturated carbocycles. The number of hydrogen-bond donors (Lipinski definition) is 1. The summed E-state index contributed by atoms with van der Waals surface area (Å²) in [4.78, 5) is 11.4. The van der Waals surface area contributed by atoms with Crippen LogP contribution in [-0.2, 0) is 0 Å². The van der Waals surface area contributed by atoms with E-state index in [9.17, 15) is 0 Å². The second kappa shape index (κ2) is 8.54. The minimum Gasteiger partial charge on any atom is -0.457 e. The summed E-state index contributed by atoms with van der Waals surface area (Å²) in [7, 11) is 0. The predicted octanol–water partition coefficient (Wildman–Crippen LogP) is 5.39. The van der Waals surface area contributed by atoms with E-state index >= 15 is 0 Å². The summed E-state index contributed by atoms with van der Waals surface area (Å²) in [5, 5.41) is 3.36. The summed E-state index contributed by atoms with van der Waals surface area (Å²) >= 11 is 0. The molecule has 1 aliphatic heterocycles. The van der Waals surface area contributed by atoms with E-state index in [-0.39, 0.29) is 0 Å². The van der Waals surface area contributed by atoms with Gasteiger partial charge in [-0.05, 0) is 55.3 Å². The van der Waals surface area contributed by atoms with E-state index in [1.807, 2.05) is 66.9 Å². The smallest absolute Gasteiger partial charge is 0.227 e. The van der Waals surface area contributed by atoms with Gasteiger partial charge in [-0.2, -0.15) is 4.98 Å². The van der Waals surface area contributed by atoms with Crippen LogP contribution in [0.2, 0.25) is 0 Å². The molecule has 0 radical (unpaired) electrons. The van der Waals surface area contributed by atoms with E-state index < -0.39 is 0 Å². The molecule has 1 fully saturated rings. The minimum absolute atomic E-state index is 0.805. The van der Waals surface area contributed by atoms with Crippen molar-refractivity contribution in [3.63, 3.8) is 0 Å². The van der Waals surface area contributed by atoms with E-state index in [0.29, 0.717) is 0 Å². The zero-order valence-corrected chi connectivity index (χ0v) is 15.3. The van der Waals surface area contributed by atoms with E-state index in [0.717, 1.165) is 42.0 Å². The van der Waals surface area contributed by atoms with Crippen molar-refractivity contribution in [1.82, 2.24) is 9.97 Å². The van der Waals surface area contributed by atoms with E-state index in [1.54, 1.807) is 0 Å². The molecular weight excluding hydrogens is 336 g/mol. The van der Waals surface area contributed by atoms with Gasteiger partial charge in [0, 0.05) is 25.0 Å². The summed E-state index contributed by atoms with van der Waals surface area (Å²) in [6, 6.07) is 19.6. The van der Waals surface area contributed by atoms with Crippen LogP contribution in [-0.4, -0.2) is 23.1 Å². The third kappa shape index (κ3) is 4.76. The van der Waals surface area contributed by atoms with Gasteiger partial charge in [-0.3, -0.25) is 0 Å². The first-order valence-electron chi connectivity index (χ1n) is 9.55. The lowest BCUT2D eigenvalue weighted by Crippen LogP contribution is -2.26. The molecule has 1 saturated heterocycles. The quantitative estimate of drug-likeness (QED) is 0.661. The van der Waals surface area contributed by atoms with Crippen LogP contribution in [0.4, 0.5) is 17.5 Å². The average molecular weight is 360 g/mol. The standard InChI is InChI=1S/C22H24N4O/c1-2-7-17-26(16-6-1)22-23-15-14-21(25-22)24-18-10-12-20(13-11-18)27-19-8-4-3-5-9-19/h3-5,8-15H,1-2,6-7,16-17H2,(H,23,24,25). The van der Waals surface area contributed by atoms with Crippen LogP contribution in [0.1, 0.15) is 25.7 Å². The van der Waals surface area contributed by atoms with E-state index in [1.165, 1.54) is 25.7 Å². The Morgan fingerprint density at radius 2 is 1.48 bits per heavy atom. The molecule has 0 unspecified atom stereocenters. The lowest BCUT2D eigenvalue weighted by atomic mass is 10.2.